The van der Waals surface area contributed by atoms with E-state index in [0.717, 1.165) is 6.42 Å². The molecule has 1 aromatic carbocycles. The van der Waals surface area contributed by atoms with Crippen molar-refractivity contribution < 1.29 is 23.5 Å². The van der Waals surface area contributed by atoms with Crippen LogP contribution in [0.4, 0.5) is 0 Å². The van der Waals surface area contributed by atoms with Gasteiger partial charge >= 0.3 is 0 Å². The molecule has 156 valence electrons. The van der Waals surface area contributed by atoms with Crippen molar-refractivity contribution in [2.75, 3.05) is 20.1 Å². The van der Waals surface area contributed by atoms with Crippen LogP contribution in [0.2, 0.25) is 0 Å². The Balaban J connectivity index is 1.52. The van der Waals surface area contributed by atoms with Crippen LogP contribution in [0, 0.1) is 11.3 Å². The van der Waals surface area contributed by atoms with Gasteiger partial charge in [0.15, 0.2) is 5.76 Å². The average molecular weight is 410 g/mol. The van der Waals surface area contributed by atoms with E-state index in [4.69, 9.17) is 14.4 Å². The zero-order valence-corrected chi connectivity index (χ0v) is 16.5. The van der Waals surface area contributed by atoms with E-state index >= 15 is 0 Å². The van der Waals surface area contributed by atoms with Crippen molar-refractivity contribution >= 4 is 17.7 Å². The molecule has 3 amide bonds. The Labute approximate surface area is 173 Å². The molecule has 2 heterocycles. The number of carbonyl (C=O) groups excluding carboxylic acids is 3. The Morgan fingerprint density at radius 3 is 2.83 bits per heavy atom. The molecule has 1 saturated heterocycles. The number of benzene rings is 1. The molecule has 1 fully saturated rings. The molecule has 1 aromatic heterocycles. The number of para-hydroxylation sites is 1. The predicted molar refractivity (Wildman–Crippen MR) is 105 cm³/mol. The van der Waals surface area contributed by atoms with Gasteiger partial charge in [-0.3, -0.25) is 14.4 Å². The fraction of sp³-hybridized carbons (Fsp3) is 0.333. The Morgan fingerprint density at radius 2 is 2.07 bits per heavy atom. The van der Waals surface area contributed by atoms with Gasteiger partial charge in [0.1, 0.15) is 30.2 Å². The van der Waals surface area contributed by atoms with Crippen LogP contribution >= 0.6 is 0 Å². The van der Waals surface area contributed by atoms with Crippen LogP contribution in [0.3, 0.4) is 0 Å². The van der Waals surface area contributed by atoms with Crippen LogP contribution in [0.1, 0.15) is 34.7 Å². The lowest BCUT2D eigenvalue weighted by atomic mass is 10.2. The molecule has 0 bridgehead atoms. The summed E-state index contributed by atoms with van der Waals surface area (Å²) in [7, 11) is 1.53. The molecule has 0 spiro atoms. The Hall–Kier alpha value is -3.80. The van der Waals surface area contributed by atoms with E-state index in [1.165, 1.54) is 18.0 Å². The van der Waals surface area contributed by atoms with Crippen LogP contribution in [0.15, 0.2) is 40.8 Å². The van der Waals surface area contributed by atoms with Gasteiger partial charge in [0, 0.05) is 13.6 Å². The summed E-state index contributed by atoms with van der Waals surface area (Å²) >= 11 is 0. The normalized spacial score (nSPS) is 15.3. The van der Waals surface area contributed by atoms with Crippen LogP contribution in [-0.2, 0) is 16.2 Å². The predicted octanol–water partition coefficient (Wildman–Crippen LogP) is 1.20. The van der Waals surface area contributed by atoms with Crippen molar-refractivity contribution in [3.8, 4) is 11.8 Å². The molecule has 9 nitrogen and oxygen atoms in total. The van der Waals surface area contributed by atoms with Gasteiger partial charge in [-0.05, 0) is 37.1 Å². The van der Waals surface area contributed by atoms with E-state index in [1.54, 1.807) is 30.3 Å². The van der Waals surface area contributed by atoms with Crippen molar-refractivity contribution in [3.05, 3.63) is 53.5 Å². The first kappa shape index (κ1) is 20.9. The van der Waals surface area contributed by atoms with Crippen LogP contribution in [0.5, 0.6) is 5.75 Å². The number of rotatable bonds is 7. The number of hydrogen-bond donors (Lipinski definition) is 2. The molecular formula is C21H22N4O5. The summed E-state index contributed by atoms with van der Waals surface area (Å²) in [6.45, 7) is 0.306. The summed E-state index contributed by atoms with van der Waals surface area (Å²) in [5, 5.41) is 14.1. The van der Waals surface area contributed by atoms with Gasteiger partial charge in [0.2, 0.25) is 11.8 Å². The standard InChI is InChI=1S/C21H22N4O5/c1-23-20(27)16-6-4-10-25(16)19(26)12-24-21(28)18-9-8-15(30-18)13-29-17-7-3-2-5-14(17)11-22/h2-3,5,7-9,16H,4,6,10,12-13H2,1H3,(H,23,27)(H,24,28). The van der Waals surface area contributed by atoms with E-state index in [1.807, 2.05) is 6.07 Å². The van der Waals surface area contributed by atoms with Crippen molar-refractivity contribution in [2.24, 2.45) is 0 Å². The van der Waals surface area contributed by atoms with E-state index in [2.05, 4.69) is 10.6 Å². The van der Waals surface area contributed by atoms with Gasteiger partial charge in [-0.1, -0.05) is 12.1 Å². The minimum Gasteiger partial charge on any atom is -0.484 e. The molecule has 1 aliphatic heterocycles. The SMILES string of the molecule is CNC(=O)C1CCCN1C(=O)CNC(=O)c1ccc(COc2ccccc2C#N)o1. The first-order valence-electron chi connectivity index (χ1n) is 9.53. The Morgan fingerprint density at radius 1 is 1.27 bits per heavy atom. The number of carbonyl (C=O) groups is 3. The van der Waals surface area contributed by atoms with E-state index in [9.17, 15) is 14.4 Å². The lowest BCUT2D eigenvalue weighted by Crippen LogP contribution is -2.48. The van der Waals surface area contributed by atoms with Gasteiger partial charge in [-0.25, -0.2) is 0 Å². The second-order valence-electron chi connectivity index (χ2n) is 6.70. The van der Waals surface area contributed by atoms with Crippen molar-refractivity contribution in [2.45, 2.75) is 25.5 Å². The zero-order chi connectivity index (χ0) is 21.5. The number of furan rings is 1. The summed E-state index contributed by atoms with van der Waals surface area (Å²) in [5.74, 6) is -0.205. The highest BCUT2D eigenvalue weighted by Crippen LogP contribution is 2.19. The summed E-state index contributed by atoms with van der Waals surface area (Å²) in [4.78, 5) is 38.0. The highest BCUT2D eigenvalue weighted by Gasteiger charge is 2.33. The molecule has 1 atom stereocenters. The topological polar surface area (TPSA) is 125 Å². The molecular weight excluding hydrogens is 388 g/mol. The van der Waals surface area contributed by atoms with Crippen LogP contribution in [-0.4, -0.2) is 48.8 Å². The third kappa shape index (κ3) is 4.78. The molecule has 1 unspecified atom stereocenters. The van der Waals surface area contributed by atoms with Gasteiger partial charge in [-0.2, -0.15) is 5.26 Å². The van der Waals surface area contributed by atoms with E-state index in [-0.39, 0.29) is 30.7 Å². The molecule has 0 radical (unpaired) electrons. The van der Waals surface area contributed by atoms with Crippen LogP contribution in [0.25, 0.3) is 0 Å². The quantitative estimate of drug-likeness (QED) is 0.707. The highest BCUT2D eigenvalue weighted by molar-refractivity contribution is 5.95. The highest BCUT2D eigenvalue weighted by atomic mass is 16.5. The summed E-state index contributed by atoms with van der Waals surface area (Å²) in [6.07, 6.45) is 1.35. The maximum Gasteiger partial charge on any atom is 0.287 e. The lowest BCUT2D eigenvalue weighted by molar-refractivity contribution is -0.137. The monoisotopic (exact) mass is 410 g/mol. The fourth-order valence-corrected chi connectivity index (χ4v) is 3.26. The molecule has 3 rings (SSSR count). The average Bonchev–Trinajstić information content (AvgIpc) is 3.45. The second kappa shape index (κ2) is 9.60. The number of nitrogens with one attached hydrogen (secondary N) is 2. The second-order valence-corrected chi connectivity index (χ2v) is 6.70. The number of likely N-dealkylation sites (N-methyl/N-ethyl adjacent to an activating group) is 1. The maximum atomic E-state index is 12.4. The van der Waals surface area contributed by atoms with Crippen molar-refractivity contribution in [1.82, 2.24) is 15.5 Å². The number of nitrogens with zero attached hydrogens (tertiary/aromatic N) is 2. The maximum absolute atomic E-state index is 12.4. The number of nitriles is 1. The van der Waals surface area contributed by atoms with E-state index < -0.39 is 11.9 Å². The third-order valence-corrected chi connectivity index (χ3v) is 4.79. The molecule has 0 aliphatic carbocycles. The van der Waals surface area contributed by atoms with Gasteiger partial charge in [-0.15, -0.1) is 0 Å². The van der Waals surface area contributed by atoms with Crippen molar-refractivity contribution in [3.63, 3.8) is 0 Å². The molecule has 9 heteroatoms. The first-order valence-corrected chi connectivity index (χ1v) is 9.53. The summed E-state index contributed by atoms with van der Waals surface area (Å²) in [6, 6.07) is 11.4. The smallest absolute Gasteiger partial charge is 0.287 e. The number of amides is 3. The van der Waals surface area contributed by atoms with Crippen molar-refractivity contribution in [1.29, 1.82) is 5.26 Å². The summed E-state index contributed by atoms with van der Waals surface area (Å²) in [5.41, 5.74) is 0.400. The third-order valence-electron chi connectivity index (χ3n) is 4.79. The first-order chi connectivity index (χ1) is 14.5. The molecule has 1 aliphatic rings. The largest absolute Gasteiger partial charge is 0.484 e. The zero-order valence-electron chi connectivity index (χ0n) is 16.5. The van der Waals surface area contributed by atoms with Gasteiger partial charge in [0.05, 0.1) is 12.1 Å². The fourth-order valence-electron chi connectivity index (χ4n) is 3.26. The Kier molecular flexibility index (Phi) is 6.70. The minimum absolute atomic E-state index is 0.0410. The summed E-state index contributed by atoms with van der Waals surface area (Å²) < 4.78 is 11.0. The number of ether oxygens (including phenoxy) is 1. The lowest BCUT2D eigenvalue weighted by Gasteiger charge is -2.23. The Bertz CT molecular complexity index is 978. The molecule has 2 aromatic rings. The van der Waals surface area contributed by atoms with Gasteiger partial charge < -0.3 is 24.7 Å². The number of likely N-dealkylation sites (tertiary alicyclic amines) is 1. The van der Waals surface area contributed by atoms with E-state index in [0.29, 0.717) is 30.0 Å². The molecule has 30 heavy (non-hydrogen) atoms. The van der Waals surface area contributed by atoms with Gasteiger partial charge in [0.25, 0.3) is 5.91 Å². The van der Waals surface area contributed by atoms with Crippen LogP contribution < -0.4 is 15.4 Å². The molecule has 2 N–H and O–H groups in total. The molecule has 0 saturated carbocycles. The minimum atomic E-state index is -0.539. The number of hydrogen-bond acceptors (Lipinski definition) is 6.